The maximum absolute atomic E-state index is 5.30. The third kappa shape index (κ3) is 5.27. The van der Waals surface area contributed by atoms with Crippen molar-refractivity contribution in [3.05, 3.63) is 206 Å². The van der Waals surface area contributed by atoms with Crippen molar-refractivity contribution in [2.24, 2.45) is 0 Å². The summed E-state index contributed by atoms with van der Waals surface area (Å²) in [4.78, 5) is 18.2. The molecule has 0 amide bonds. The van der Waals surface area contributed by atoms with Crippen LogP contribution in [0.4, 0.5) is 11.4 Å². The van der Waals surface area contributed by atoms with Crippen LogP contribution in [0.5, 0.6) is 0 Å². The number of nitrogens with zero attached hydrogens (tertiary/aromatic N) is 5. The van der Waals surface area contributed by atoms with E-state index in [2.05, 4.69) is 180 Å². The third-order valence-electron chi connectivity index (χ3n) is 11.7. The maximum Gasteiger partial charge on any atom is 0.238 e. The smallest absolute Gasteiger partial charge is 0.238 e. The summed E-state index contributed by atoms with van der Waals surface area (Å²) in [5, 5.41) is 2.30. The zero-order chi connectivity index (χ0) is 37.9. The van der Waals surface area contributed by atoms with E-state index < -0.39 is 5.54 Å². The van der Waals surface area contributed by atoms with Gasteiger partial charge in [-0.3, -0.25) is 4.57 Å². The number of benzene rings is 7. The van der Waals surface area contributed by atoms with Gasteiger partial charge in [-0.25, -0.2) is 4.98 Å². The van der Waals surface area contributed by atoms with Gasteiger partial charge in [0.15, 0.2) is 11.6 Å². The molecule has 0 N–H and O–H groups in total. The summed E-state index contributed by atoms with van der Waals surface area (Å²) in [6, 6.07) is 62.1. The normalized spacial score (nSPS) is 16.9. The first-order chi connectivity index (χ1) is 28.2. The molecule has 0 bridgehead atoms. The van der Waals surface area contributed by atoms with Gasteiger partial charge in [-0.05, 0) is 41.3 Å². The van der Waals surface area contributed by atoms with E-state index in [1.54, 1.807) is 0 Å². The van der Waals surface area contributed by atoms with E-state index in [-0.39, 0.29) is 5.92 Å². The van der Waals surface area contributed by atoms with Crippen molar-refractivity contribution in [3.8, 4) is 51.0 Å². The molecule has 0 radical (unpaired) electrons. The minimum Gasteiger partial charge on any atom is -0.329 e. The maximum atomic E-state index is 5.30. The van der Waals surface area contributed by atoms with Crippen molar-refractivity contribution < 1.29 is 0 Å². The Morgan fingerprint density at radius 1 is 0.491 bits per heavy atom. The number of allylic oxidation sites excluding steroid dienone is 2. The van der Waals surface area contributed by atoms with Gasteiger partial charge in [0.2, 0.25) is 5.95 Å². The average molecular weight is 732 g/mol. The van der Waals surface area contributed by atoms with E-state index in [0.29, 0.717) is 17.6 Å². The largest absolute Gasteiger partial charge is 0.329 e. The van der Waals surface area contributed by atoms with Crippen LogP contribution in [0, 0.1) is 0 Å². The third-order valence-corrected chi connectivity index (χ3v) is 11.7. The minimum atomic E-state index is -0.393. The van der Waals surface area contributed by atoms with Crippen molar-refractivity contribution in [1.82, 2.24) is 19.5 Å². The van der Waals surface area contributed by atoms with Gasteiger partial charge in [-0.1, -0.05) is 188 Å². The molecule has 0 saturated heterocycles. The molecule has 0 saturated carbocycles. The Kier molecular flexibility index (Phi) is 7.61. The highest BCUT2D eigenvalue weighted by Crippen LogP contribution is 2.58. The Hall–Kier alpha value is -7.37. The van der Waals surface area contributed by atoms with Crippen molar-refractivity contribution in [1.29, 1.82) is 0 Å². The summed E-state index contributed by atoms with van der Waals surface area (Å²) in [5.41, 5.74) is 11.9. The summed E-state index contributed by atoms with van der Waals surface area (Å²) in [7, 11) is 0. The number of rotatable bonds is 6. The number of aromatic nitrogens is 4. The molecule has 5 heteroatoms. The van der Waals surface area contributed by atoms with Gasteiger partial charge in [-0.15, -0.1) is 0 Å². The van der Waals surface area contributed by atoms with Crippen LogP contribution < -0.4 is 4.90 Å². The number of anilines is 2. The molecule has 2 unspecified atom stereocenters. The van der Waals surface area contributed by atoms with E-state index in [4.69, 9.17) is 15.0 Å². The first-order valence-corrected chi connectivity index (χ1v) is 19.5. The molecule has 0 fully saturated rings. The fourth-order valence-corrected chi connectivity index (χ4v) is 9.01. The van der Waals surface area contributed by atoms with Gasteiger partial charge in [0, 0.05) is 39.1 Å². The topological polar surface area (TPSA) is 46.8 Å². The number of hydrogen-bond donors (Lipinski definition) is 0. The fourth-order valence-electron chi connectivity index (χ4n) is 9.01. The van der Waals surface area contributed by atoms with Crippen LogP contribution in [-0.4, -0.2) is 25.1 Å². The van der Waals surface area contributed by atoms with E-state index in [9.17, 15) is 0 Å². The van der Waals surface area contributed by atoms with Gasteiger partial charge < -0.3 is 4.90 Å². The monoisotopic (exact) mass is 731 g/mol. The second kappa shape index (κ2) is 13.1. The lowest BCUT2D eigenvalue weighted by molar-refractivity contribution is 0.542. The second-order valence-corrected chi connectivity index (χ2v) is 15.0. The van der Waals surface area contributed by atoms with Crippen LogP contribution in [0.25, 0.3) is 72.8 Å². The van der Waals surface area contributed by atoms with E-state index >= 15 is 0 Å². The zero-order valence-corrected chi connectivity index (χ0v) is 31.4. The molecule has 3 heterocycles. The highest BCUT2D eigenvalue weighted by Gasteiger charge is 2.49. The quantitative estimate of drug-likeness (QED) is 0.171. The molecule has 7 aromatic carbocycles. The molecule has 57 heavy (non-hydrogen) atoms. The SMILES string of the molecule is CC12C=CC=CC1c1ccc3c4ccccc4n(-c4nc(-c5ccccc5)nc(-c5ccccc5)n4)c3c1N2c1ccccc1-c1ccc(-c2ccccc2)cc1. The highest BCUT2D eigenvalue weighted by molar-refractivity contribution is 6.15. The molecule has 2 aliphatic rings. The highest BCUT2D eigenvalue weighted by atomic mass is 15.3. The van der Waals surface area contributed by atoms with Crippen LogP contribution in [0.3, 0.4) is 0 Å². The first-order valence-electron chi connectivity index (χ1n) is 19.5. The predicted molar refractivity (Wildman–Crippen MR) is 234 cm³/mol. The first kappa shape index (κ1) is 33.0. The Labute approximate surface area is 331 Å². The lowest BCUT2D eigenvalue weighted by Crippen LogP contribution is -2.42. The number of hydrogen-bond acceptors (Lipinski definition) is 4. The summed E-state index contributed by atoms with van der Waals surface area (Å²) in [6.07, 6.45) is 9.12. The molecule has 1 aliphatic carbocycles. The molecule has 11 rings (SSSR count). The van der Waals surface area contributed by atoms with Gasteiger partial charge >= 0.3 is 0 Å². The number of para-hydroxylation sites is 2. The van der Waals surface area contributed by atoms with Gasteiger partial charge in [0.1, 0.15) is 0 Å². The lowest BCUT2D eigenvalue weighted by atomic mass is 9.80. The molecular formula is C52H37N5. The van der Waals surface area contributed by atoms with E-state index in [1.807, 2.05) is 36.4 Å². The van der Waals surface area contributed by atoms with Crippen molar-refractivity contribution in [2.45, 2.75) is 18.4 Å². The van der Waals surface area contributed by atoms with Crippen LogP contribution >= 0.6 is 0 Å². The molecule has 0 spiro atoms. The summed E-state index contributed by atoms with van der Waals surface area (Å²) in [6.45, 7) is 2.37. The van der Waals surface area contributed by atoms with Gasteiger partial charge in [-0.2, -0.15) is 9.97 Å². The molecule has 2 atom stereocenters. The van der Waals surface area contributed by atoms with Crippen molar-refractivity contribution in [3.63, 3.8) is 0 Å². The van der Waals surface area contributed by atoms with Crippen molar-refractivity contribution >= 4 is 33.2 Å². The second-order valence-electron chi connectivity index (χ2n) is 15.0. The molecule has 270 valence electrons. The average Bonchev–Trinajstić information content (AvgIpc) is 3.76. The minimum absolute atomic E-state index is 0.111. The predicted octanol–water partition coefficient (Wildman–Crippen LogP) is 12.8. The standard InChI is InChI=1S/C52H37N5/c1-52-34-16-15-25-44(52)43-33-32-42-41-24-12-13-26-45(41)56(51-54-49(38-19-7-3-8-20-38)53-50(55-51)39-21-9-4-10-22-39)47(42)48(43)57(52)46-27-14-11-23-40(46)37-30-28-36(29-31-37)35-17-5-2-6-18-35/h2-34,44H,1H3. The van der Waals surface area contributed by atoms with Gasteiger partial charge in [0.05, 0.1) is 22.3 Å². The Morgan fingerprint density at radius 2 is 1.07 bits per heavy atom. The van der Waals surface area contributed by atoms with E-state index in [1.165, 1.54) is 27.8 Å². The van der Waals surface area contributed by atoms with Gasteiger partial charge in [0.25, 0.3) is 0 Å². The number of fused-ring (bicyclic) bond motifs is 7. The van der Waals surface area contributed by atoms with E-state index in [0.717, 1.165) is 44.3 Å². The van der Waals surface area contributed by atoms with Crippen LogP contribution in [0.15, 0.2) is 200 Å². The molecule has 1 aliphatic heterocycles. The molecule has 2 aromatic heterocycles. The Morgan fingerprint density at radius 3 is 1.77 bits per heavy atom. The van der Waals surface area contributed by atoms with Crippen molar-refractivity contribution in [2.75, 3.05) is 4.90 Å². The summed E-state index contributed by atoms with van der Waals surface area (Å²) < 4.78 is 2.28. The Balaban J connectivity index is 1.20. The lowest BCUT2D eigenvalue weighted by Gasteiger charge is -2.40. The van der Waals surface area contributed by atoms with Crippen LogP contribution in [0.1, 0.15) is 18.4 Å². The molecule has 5 nitrogen and oxygen atoms in total. The molecule has 9 aromatic rings. The van der Waals surface area contributed by atoms with Crippen LogP contribution in [0.2, 0.25) is 0 Å². The summed E-state index contributed by atoms with van der Waals surface area (Å²) in [5.74, 6) is 1.95. The zero-order valence-electron chi connectivity index (χ0n) is 31.4. The van der Waals surface area contributed by atoms with Crippen LogP contribution in [-0.2, 0) is 0 Å². The fraction of sp³-hybridized carbons (Fsp3) is 0.0577. The summed E-state index contributed by atoms with van der Waals surface area (Å²) >= 11 is 0. The molecular weight excluding hydrogens is 695 g/mol. The Bertz CT molecular complexity index is 2960.